The fourth-order valence-corrected chi connectivity index (χ4v) is 3.20. The number of benzene rings is 2. The van der Waals surface area contributed by atoms with Gasteiger partial charge in [0, 0.05) is 18.0 Å². The number of aromatic nitrogens is 2. The van der Waals surface area contributed by atoms with E-state index >= 15 is 0 Å². The van der Waals surface area contributed by atoms with Gasteiger partial charge in [-0.1, -0.05) is 44.4 Å². The topological polar surface area (TPSA) is 90.3 Å². The third-order valence-electron chi connectivity index (χ3n) is 4.82. The predicted molar refractivity (Wildman–Crippen MR) is 115 cm³/mol. The largest absolute Gasteiger partial charge is 0.451 e. The number of carbonyl (C=O) groups excluding carboxylic acids is 2. The van der Waals surface area contributed by atoms with Gasteiger partial charge in [0.2, 0.25) is 0 Å². The first-order valence-corrected chi connectivity index (χ1v) is 10.3. The Morgan fingerprint density at radius 1 is 1.06 bits per heavy atom. The molecule has 0 spiro atoms. The first-order chi connectivity index (χ1) is 15.4. The van der Waals surface area contributed by atoms with Crippen LogP contribution in [0.4, 0.5) is 14.5 Å². The zero-order chi connectivity index (χ0) is 23.1. The molecule has 0 saturated heterocycles. The number of hydrogen-bond acceptors (Lipinski definition) is 5. The Kier molecular flexibility index (Phi) is 7.64. The molecule has 1 amide bonds. The lowest BCUT2D eigenvalue weighted by molar-refractivity contribution is -0.119. The fraction of sp³-hybridized carbons (Fsp3) is 0.304. The average Bonchev–Trinajstić information content (AvgIpc) is 2.79. The summed E-state index contributed by atoms with van der Waals surface area (Å²) < 4.78 is 33.2. The quantitative estimate of drug-likeness (QED) is 0.398. The van der Waals surface area contributed by atoms with Gasteiger partial charge in [-0.15, -0.1) is 0 Å². The number of amides is 1. The van der Waals surface area contributed by atoms with E-state index in [0.717, 1.165) is 43.9 Å². The van der Waals surface area contributed by atoms with Crippen molar-refractivity contribution in [2.75, 3.05) is 11.9 Å². The molecule has 0 aliphatic heterocycles. The zero-order valence-electron chi connectivity index (χ0n) is 17.6. The Labute approximate surface area is 183 Å². The second kappa shape index (κ2) is 10.6. The van der Waals surface area contributed by atoms with Crippen molar-refractivity contribution in [2.45, 2.75) is 39.2 Å². The molecule has 1 heterocycles. The fourth-order valence-electron chi connectivity index (χ4n) is 3.20. The molecule has 0 aliphatic rings. The van der Waals surface area contributed by atoms with Crippen LogP contribution >= 0.6 is 0 Å². The minimum atomic E-state index is -0.904. The van der Waals surface area contributed by atoms with Crippen LogP contribution in [-0.4, -0.2) is 28.3 Å². The third-order valence-corrected chi connectivity index (χ3v) is 4.82. The number of fused-ring (bicyclic) bond motifs is 1. The summed E-state index contributed by atoms with van der Waals surface area (Å²) in [4.78, 5) is 37.4. The molecule has 3 rings (SSSR count). The Balaban J connectivity index is 1.76. The maximum atomic E-state index is 13.7. The highest BCUT2D eigenvalue weighted by molar-refractivity contribution is 6.03. The molecular weight excluding hydrogens is 420 g/mol. The van der Waals surface area contributed by atoms with Crippen LogP contribution < -0.4 is 10.9 Å². The molecule has 2 aromatic carbocycles. The number of halogens is 2. The van der Waals surface area contributed by atoms with Crippen molar-refractivity contribution in [1.29, 1.82) is 0 Å². The first-order valence-electron chi connectivity index (χ1n) is 10.3. The van der Waals surface area contributed by atoms with Crippen LogP contribution in [0.1, 0.15) is 43.1 Å². The Bertz CT molecular complexity index is 1190. The summed E-state index contributed by atoms with van der Waals surface area (Å²) in [7, 11) is 0. The van der Waals surface area contributed by atoms with Gasteiger partial charge >= 0.3 is 5.97 Å². The molecule has 0 bridgehead atoms. The summed E-state index contributed by atoms with van der Waals surface area (Å²) >= 11 is 0. The number of nitrogens with one attached hydrogen (secondary N) is 1. The van der Waals surface area contributed by atoms with Crippen molar-refractivity contribution in [3.63, 3.8) is 0 Å². The molecule has 32 heavy (non-hydrogen) atoms. The number of rotatable bonds is 9. The summed E-state index contributed by atoms with van der Waals surface area (Å²) in [6.45, 7) is 1.69. The molecule has 9 heteroatoms. The molecule has 1 aromatic heterocycles. The molecule has 0 unspecified atom stereocenters. The highest BCUT2D eigenvalue weighted by atomic mass is 19.1. The number of nitrogens with zero attached hydrogens (tertiary/aromatic N) is 2. The van der Waals surface area contributed by atoms with Gasteiger partial charge in [-0.25, -0.2) is 18.3 Å². The molecule has 0 aliphatic carbocycles. The smallest absolute Gasteiger partial charge is 0.359 e. The minimum absolute atomic E-state index is 0.0968. The van der Waals surface area contributed by atoms with E-state index < -0.39 is 30.1 Å². The van der Waals surface area contributed by atoms with Gasteiger partial charge < -0.3 is 10.1 Å². The van der Waals surface area contributed by atoms with Crippen LogP contribution in [-0.2, 0) is 16.1 Å². The second-order valence-electron chi connectivity index (χ2n) is 7.23. The molecule has 0 atom stereocenters. The predicted octanol–water partition coefficient (Wildman–Crippen LogP) is 4.05. The lowest BCUT2D eigenvalue weighted by Gasteiger charge is -2.11. The van der Waals surface area contributed by atoms with E-state index in [4.69, 9.17) is 4.74 Å². The average molecular weight is 443 g/mol. The van der Waals surface area contributed by atoms with E-state index in [1.165, 1.54) is 4.68 Å². The van der Waals surface area contributed by atoms with Gasteiger partial charge in [-0.3, -0.25) is 9.59 Å². The van der Waals surface area contributed by atoms with E-state index in [1.807, 2.05) is 0 Å². The monoisotopic (exact) mass is 443 g/mol. The molecule has 0 saturated carbocycles. The van der Waals surface area contributed by atoms with Crippen LogP contribution in [0.25, 0.3) is 10.8 Å². The van der Waals surface area contributed by atoms with E-state index in [2.05, 4.69) is 17.3 Å². The van der Waals surface area contributed by atoms with Gasteiger partial charge in [0.05, 0.1) is 11.1 Å². The summed E-state index contributed by atoms with van der Waals surface area (Å²) in [6, 6.07) is 9.11. The highest BCUT2D eigenvalue weighted by Gasteiger charge is 2.19. The highest BCUT2D eigenvalue weighted by Crippen LogP contribution is 2.16. The van der Waals surface area contributed by atoms with Crippen LogP contribution in [0.2, 0.25) is 0 Å². The van der Waals surface area contributed by atoms with Crippen molar-refractivity contribution in [3.05, 3.63) is 70.1 Å². The normalized spacial score (nSPS) is 10.8. The van der Waals surface area contributed by atoms with Gasteiger partial charge in [-0.2, -0.15) is 5.10 Å². The number of anilines is 1. The molecule has 7 nitrogen and oxygen atoms in total. The molecule has 1 N–H and O–H groups in total. The molecular formula is C23H23F2N3O4. The van der Waals surface area contributed by atoms with Crippen molar-refractivity contribution in [3.8, 4) is 0 Å². The number of hydrogen-bond donors (Lipinski definition) is 1. The summed E-state index contributed by atoms with van der Waals surface area (Å²) in [5, 5.41) is 6.95. The molecule has 168 valence electrons. The number of ether oxygens (including phenoxy) is 1. The van der Waals surface area contributed by atoms with Crippen molar-refractivity contribution in [2.24, 2.45) is 0 Å². The first kappa shape index (κ1) is 23.1. The van der Waals surface area contributed by atoms with Gasteiger partial charge in [-0.05, 0) is 24.6 Å². The Morgan fingerprint density at radius 2 is 1.81 bits per heavy atom. The van der Waals surface area contributed by atoms with Crippen LogP contribution in [0.3, 0.4) is 0 Å². The van der Waals surface area contributed by atoms with Crippen molar-refractivity contribution in [1.82, 2.24) is 9.78 Å². The number of unbranched alkanes of at least 4 members (excludes halogenated alkanes) is 3. The molecule has 0 fully saturated rings. The number of esters is 1. The zero-order valence-corrected chi connectivity index (χ0v) is 17.6. The summed E-state index contributed by atoms with van der Waals surface area (Å²) in [5.41, 5.74) is -0.774. The van der Waals surface area contributed by atoms with E-state index in [1.54, 1.807) is 24.3 Å². The Morgan fingerprint density at radius 3 is 2.56 bits per heavy atom. The van der Waals surface area contributed by atoms with Gasteiger partial charge in [0.15, 0.2) is 12.3 Å². The van der Waals surface area contributed by atoms with Gasteiger partial charge in [0.1, 0.15) is 11.6 Å². The lowest BCUT2D eigenvalue weighted by atomic mass is 10.1. The molecule has 3 aromatic rings. The maximum Gasteiger partial charge on any atom is 0.359 e. The molecule has 0 radical (unpaired) electrons. The number of aryl methyl sites for hydroxylation is 1. The van der Waals surface area contributed by atoms with Crippen molar-refractivity contribution < 1.29 is 23.1 Å². The Hall–Kier alpha value is -3.62. The summed E-state index contributed by atoms with van der Waals surface area (Å²) in [5.74, 6) is -3.30. The maximum absolute atomic E-state index is 13.7. The standard InChI is InChI=1S/C23H23F2N3O4/c1-2-3-4-7-12-28-22(30)17-9-6-5-8-16(17)21(27-28)23(31)32-14-20(29)26-19-13-15(24)10-11-18(19)25/h5-6,8-11,13H,2-4,7,12,14H2,1H3,(H,26,29). The van der Waals surface area contributed by atoms with Crippen LogP contribution in [0.5, 0.6) is 0 Å². The second-order valence-corrected chi connectivity index (χ2v) is 7.23. The third kappa shape index (κ3) is 5.54. The number of carbonyl (C=O) groups is 2. The van der Waals surface area contributed by atoms with Gasteiger partial charge in [0.25, 0.3) is 11.5 Å². The van der Waals surface area contributed by atoms with E-state index in [9.17, 15) is 23.2 Å². The van der Waals surface area contributed by atoms with E-state index in [-0.39, 0.29) is 16.9 Å². The van der Waals surface area contributed by atoms with Crippen LogP contribution in [0, 0.1) is 11.6 Å². The minimum Gasteiger partial charge on any atom is -0.451 e. The van der Waals surface area contributed by atoms with E-state index in [0.29, 0.717) is 17.3 Å². The SMILES string of the molecule is CCCCCCn1nc(C(=O)OCC(=O)Nc2cc(F)ccc2F)c2ccccc2c1=O. The summed E-state index contributed by atoms with van der Waals surface area (Å²) in [6.07, 6.45) is 3.72. The van der Waals surface area contributed by atoms with Crippen molar-refractivity contribution >= 4 is 28.3 Å². The van der Waals surface area contributed by atoms with Crippen LogP contribution in [0.15, 0.2) is 47.3 Å². The lowest BCUT2D eigenvalue weighted by Crippen LogP contribution is -2.28.